The lowest BCUT2D eigenvalue weighted by molar-refractivity contribution is 0.240. The topological polar surface area (TPSA) is 60.0 Å². The molecule has 2 aromatic carbocycles. The Kier molecular flexibility index (Phi) is 4.75. The van der Waals surface area contributed by atoms with Crippen molar-refractivity contribution < 1.29 is 9.47 Å². The molecule has 0 saturated carbocycles. The lowest BCUT2D eigenvalue weighted by Gasteiger charge is -2.15. The molecule has 0 bridgehead atoms. The van der Waals surface area contributed by atoms with Crippen LogP contribution in [0.15, 0.2) is 66.9 Å². The average molecular weight is 359 g/mol. The van der Waals surface area contributed by atoms with E-state index in [9.17, 15) is 0 Å². The van der Waals surface area contributed by atoms with Gasteiger partial charge in [-0.1, -0.05) is 30.3 Å². The second-order valence-electron chi connectivity index (χ2n) is 6.56. The van der Waals surface area contributed by atoms with Crippen LogP contribution in [0.25, 0.3) is 22.6 Å². The van der Waals surface area contributed by atoms with Crippen molar-refractivity contribution in [2.45, 2.75) is 26.6 Å². The van der Waals surface area contributed by atoms with E-state index in [1.807, 2.05) is 74.5 Å². The van der Waals surface area contributed by atoms with Crippen molar-refractivity contribution in [3.8, 4) is 22.9 Å². The standard InChI is InChI=1S/C22H21N3O2/c1-15(2)27-20-13-17(26-14-16-7-4-3-5-8-16)10-11-18(20)21-24-19-9-6-12-23-22(19)25-21/h3-13,15H,14H2,1-2H3,(H,23,24,25). The lowest BCUT2D eigenvalue weighted by Crippen LogP contribution is -2.07. The van der Waals surface area contributed by atoms with Gasteiger partial charge >= 0.3 is 0 Å². The van der Waals surface area contributed by atoms with Gasteiger partial charge in [0, 0.05) is 12.3 Å². The van der Waals surface area contributed by atoms with E-state index in [2.05, 4.69) is 15.0 Å². The molecule has 0 saturated heterocycles. The predicted octanol–water partition coefficient (Wildman–Crippen LogP) is 4.99. The Hall–Kier alpha value is -3.34. The number of hydrogen-bond donors (Lipinski definition) is 1. The van der Waals surface area contributed by atoms with E-state index in [1.54, 1.807) is 6.20 Å². The summed E-state index contributed by atoms with van der Waals surface area (Å²) in [7, 11) is 0. The van der Waals surface area contributed by atoms with E-state index in [1.165, 1.54) is 0 Å². The normalized spacial score (nSPS) is 11.1. The molecule has 4 aromatic rings. The first kappa shape index (κ1) is 17.1. The highest BCUT2D eigenvalue weighted by molar-refractivity contribution is 5.77. The van der Waals surface area contributed by atoms with Crippen molar-refractivity contribution >= 4 is 11.2 Å². The van der Waals surface area contributed by atoms with Crippen molar-refractivity contribution in [2.24, 2.45) is 0 Å². The minimum absolute atomic E-state index is 0.0376. The summed E-state index contributed by atoms with van der Waals surface area (Å²) in [6.07, 6.45) is 1.77. The van der Waals surface area contributed by atoms with Crippen LogP contribution in [0.1, 0.15) is 19.4 Å². The third-order valence-corrected chi connectivity index (χ3v) is 4.08. The Labute approximate surface area is 158 Å². The molecule has 0 radical (unpaired) electrons. The van der Waals surface area contributed by atoms with Crippen molar-refractivity contribution in [1.29, 1.82) is 0 Å². The second-order valence-corrected chi connectivity index (χ2v) is 6.56. The van der Waals surface area contributed by atoms with Crippen LogP contribution >= 0.6 is 0 Å². The highest BCUT2D eigenvalue weighted by atomic mass is 16.5. The van der Waals surface area contributed by atoms with E-state index >= 15 is 0 Å². The number of rotatable bonds is 6. The molecular weight excluding hydrogens is 338 g/mol. The number of benzene rings is 2. The minimum atomic E-state index is 0.0376. The number of pyridine rings is 1. The SMILES string of the molecule is CC(C)Oc1cc(OCc2ccccc2)ccc1-c1nc2ncccc2[nH]1. The zero-order valence-corrected chi connectivity index (χ0v) is 15.3. The van der Waals surface area contributed by atoms with Gasteiger partial charge in [-0.15, -0.1) is 0 Å². The van der Waals surface area contributed by atoms with Gasteiger partial charge in [0.15, 0.2) is 5.65 Å². The highest BCUT2D eigenvalue weighted by Gasteiger charge is 2.14. The third kappa shape index (κ3) is 3.92. The fourth-order valence-electron chi connectivity index (χ4n) is 2.85. The van der Waals surface area contributed by atoms with E-state index in [4.69, 9.17) is 9.47 Å². The van der Waals surface area contributed by atoms with Crippen LogP contribution in [-0.2, 0) is 6.61 Å². The van der Waals surface area contributed by atoms with Crippen molar-refractivity contribution in [3.63, 3.8) is 0 Å². The molecule has 0 aliphatic heterocycles. The first-order chi connectivity index (χ1) is 13.2. The largest absolute Gasteiger partial charge is 0.490 e. The molecule has 1 N–H and O–H groups in total. The highest BCUT2D eigenvalue weighted by Crippen LogP contribution is 2.33. The number of ether oxygens (including phenoxy) is 2. The summed E-state index contributed by atoms with van der Waals surface area (Å²) >= 11 is 0. The van der Waals surface area contributed by atoms with Gasteiger partial charge in [-0.2, -0.15) is 0 Å². The van der Waals surface area contributed by atoms with Crippen LogP contribution in [0.3, 0.4) is 0 Å². The van der Waals surface area contributed by atoms with Gasteiger partial charge in [-0.3, -0.25) is 0 Å². The third-order valence-electron chi connectivity index (χ3n) is 4.08. The van der Waals surface area contributed by atoms with Gasteiger partial charge in [0.05, 0.1) is 17.2 Å². The van der Waals surface area contributed by atoms with Gasteiger partial charge in [0.25, 0.3) is 0 Å². The summed E-state index contributed by atoms with van der Waals surface area (Å²) in [5, 5.41) is 0. The van der Waals surface area contributed by atoms with Crippen LogP contribution in [-0.4, -0.2) is 21.1 Å². The van der Waals surface area contributed by atoms with Gasteiger partial charge in [0.1, 0.15) is 23.9 Å². The van der Waals surface area contributed by atoms with Crippen LogP contribution < -0.4 is 9.47 Å². The number of hydrogen-bond acceptors (Lipinski definition) is 4. The van der Waals surface area contributed by atoms with Gasteiger partial charge in [-0.25, -0.2) is 9.97 Å². The molecule has 0 fully saturated rings. The Balaban J connectivity index is 1.64. The molecular formula is C22H21N3O2. The smallest absolute Gasteiger partial charge is 0.178 e. The Morgan fingerprint density at radius 2 is 1.85 bits per heavy atom. The maximum Gasteiger partial charge on any atom is 0.178 e. The molecule has 0 spiro atoms. The lowest BCUT2D eigenvalue weighted by atomic mass is 10.1. The average Bonchev–Trinajstić information content (AvgIpc) is 3.11. The molecule has 27 heavy (non-hydrogen) atoms. The van der Waals surface area contributed by atoms with Gasteiger partial charge < -0.3 is 14.5 Å². The van der Waals surface area contributed by atoms with Crippen LogP contribution in [0.4, 0.5) is 0 Å². The first-order valence-corrected chi connectivity index (χ1v) is 8.97. The predicted molar refractivity (Wildman–Crippen MR) is 106 cm³/mol. The first-order valence-electron chi connectivity index (χ1n) is 8.97. The number of nitrogens with zero attached hydrogens (tertiary/aromatic N) is 2. The molecule has 2 heterocycles. The Bertz CT molecular complexity index is 1010. The zero-order chi connectivity index (χ0) is 18.6. The van der Waals surface area contributed by atoms with E-state index in [0.717, 1.165) is 34.0 Å². The molecule has 2 aromatic heterocycles. The van der Waals surface area contributed by atoms with Crippen LogP contribution in [0, 0.1) is 0 Å². The monoisotopic (exact) mass is 359 g/mol. The molecule has 136 valence electrons. The maximum atomic E-state index is 6.03. The summed E-state index contributed by atoms with van der Waals surface area (Å²) in [5.41, 5.74) is 3.59. The fourth-order valence-corrected chi connectivity index (χ4v) is 2.85. The van der Waals surface area contributed by atoms with E-state index in [0.29, 0.717) is 12.3 Å². The summed E-state index contributed by atoms with van der Waals surface area (Å²) in [6, 6.07) is 19.8. The molecule has 5 heteroatoms. The molecule has 0 unspecified atom stereocenters. The van der Waals surface area contributed by atoms with Crippen molar-refractivity contribution in [3.05, 3.63) is 72.4 Å². The van der Waals surface area contributed by atoms with Crippen molar-refractivity contribution in [1.82, 2.24) is 15.0 Å². The summed E-state index contributed by atoms with van der Waals surface area (Å²) < 4.78 is 12.0. The number of fused-ring (bicyclic) bond motifs is 1. The summed E-state index contributed by atoms with van der Waals surface area (Å²) in [5.74, 6) is 2.22. The number of aromatic nitrogens is 3. The molecule has 5 nitrogen and oxygen atoms in total. The molecule has 0 amide bonds. The minimum Gasteiger partial charge on any atom is -0.490 e. The molecule has 0 atom stereocenters. The van der Waals surface area contributed by atoms with E-state index < -0.39 is 0 Å². The number of nitrogens with one attached hydrogen (secondary N) is 1. The maximum absolute atomic E-state index is 6.03. The number of aromatic amines is 1. The molecule has 0 aliphatic rings. The van der Waals surface area contributed by atoms with Gasteiger partial charge in [0.2, 0.25) is 0 Å². The summed E-state index contributed by atoms with van der Waals surface area (Å²) in [4.78, 5) is 12.2. The number of H-pyrrole nitrogens is 1. The van der Waals surface area contributed by atoms with Crippen LogP contribution in [0.5, 0.6) is 11.5 Å². The second kappa shape index (κ2) is 7.50. The Morgan fingerprint density at radius 1 is 1.00 bits per heavy atom. The zero-order valence-electron chi connectivity index (χ0n) is 15.3. The Morgan fingerprint density at radius 3 is 2.63 bits per heavy atom. The summed E-state index contributed by atoms with van der Waals surface area (Å²) in [6.45, 7) is 4.51. The quantitative estimate of drug-likeness (QED) is 0.527. The van der Waals surface area contributed by atoms with Crippen LogP contribution in [0.2, 0.25) is 0 Å². The number of imidazole rings is 1. The van der Waals surface area contributed by atoms with Crippen molar-refractivity contribution in [2.75, 3.05) is 0 Å². The fraction of sp³-hybridized carbons (Fsp3) is 0.182. The molecule has 0 aliphatic carbocycles. The molecule has 4 rings (SSSR count). The van der Waals surface area contributed by atoms with E-state index in [-0.39, 0.29) is 6.10 Å². The van der Waals surface area contributed by atoms with Gasteiger partial charge in [-0.05, 0) is 43.7 Å².